The Balaban J connectivity index is 1.58. The second-order valence-electron chi connectivity index (χ2n) is 6.49. The first-order valence-corrected chi connectivity index (χ1v) is 9.40. The molecule has 3 rings (SSSR count). The van der Waals surface area contributed by atoms with Crippen LogP contribution < -0.4 is 0 Å². The number of hydrogen-bond acceptors (Lipinski definition) is 5. The molecule has 3 aromatic rings. The number of hydrogen-bond donors (Lipinski definition) is 0. The Kier molecular flexibility index (Phi) is 7.03. The predicted molar refractivity (Wildman–Crippen MR) is 110 cm³/mol. The van der Waals surface area contributed by atoms with Gasteiger partial charge in [-0.05, 0) is 39.6 Å². The molecule has 0 atom stereocenters. The second kappa shape index (κ2) is 10.1. The predicted octanol–water partition coefficient (Wildman–Crippen LogP) is 5.06. The van der Waals surface area contributed by atoms with Crippen LogP contribution in [-0.2, 0) is 25.7 Å². The van der Waals surface area contributed by atoms with Gasteiger partial charge >= 0.3 is 11.9 Å². The molecule has 0 spiro atoms. The summed E-state index contributed by atoms with van der Waals surface area (Å²) in [6.45, 7) is 0.571. The lowest BCUT2D eigenvalue weighted by Gasteiger charge is -2.12. The molecular weight excluding hydrogens is 370 g/mol. The maximum atomic E-state index is 12.1. The van der Waals surface area contributed by atoms with Gasteiger partial charge in [0.25, 0.3) is 0 Å². The minimum absolute atomic E-state index is 0.0438. The first kappa shape index (κ1) is 20.2. The van der Waals surface area contributed by atoms with Crippen LogP contribution in [0, 0.1) is 0 Å². The SMILES string of the molecule is [N-]=[N+]=NCCCOC(=O)CCC(=O)OCc1c2ccccc2cc2ccccc12. The van der Waals surface area contributed by atoms with E-state index in [0.29, 0.717) is 6.42 Å². The number of fused-ring (bicyclic) bond motifs is 2. The third kappa shape index (κ3) is 5.46. The van der Waals surface area contributed by atoms with Crippen LogP contribution in [0.4, 0.5) is 0 Å². The Hall–Kier alpha value is -3.57. The van der Waals surface area contributed by atoms with Gasteiger partial charge < -0.3 is 9.47 Å². The highest BCUT2D eigenvalue weighted by atomic mass is 16.5. The van der Waals surface area contributed by atoms with E-state index in [9.17, 15) is 9.59 Å². The Bertz CT molecular complexity index is 1020. The highest BCUT2D eigenvalue weighted by molar-refractivity contribution is 6.02. The average molecular weight is 391 g/mol. The van der Waals surface area contributed by atoms with Crippen molar-refractivity contribution in [2.24, 2.45) is 5.11 Å². The van der Waals surface area contributed by atoms with Crippen LogP contribution in [0.25, 0.3) is 32.0 Å². The molecule has 0 saturated heterocycles. The summed E-state index contributed by atoms with van der Waals surface area (Å²) in [5, 5.41) is 7.60. The molecule has 0 aromatic heterocycles. The van der Waals surface area contributed by atoms with Crippen molar-refractivity contribution in [2.45, 2.75) is 25.9 Å². The first-order valence-electron chi connectivity index (χ1n) is 9.40. The van der Waals surface area contributed by atoms with Crippen molar-refractivity contribution in [3.05, 3.63) is 70.6 Å². The van der Waals surface area contributed by atoms with Gasteiger partial charge in [-0.25, -0.2) is 0 Å². The molecule has 0 aliphatic carbocycles. The van der Waals surface area contributed by atoms with Crippen molar-refractivity contribution in [1.82, 2.24) is 0 Å². The minimum atomic E-state index is -0.474. The van der Waals surface area contributed by atoms with E-state index in [-0.39, 0.29) is 32.6 Å². The van der Waals surface area contributed by atoms with E-state index in [1.165, 1.54) is 0 Å². The highest BCUT2D eigenvalue weighted by Crippen LogP contribution is 2.29. The van der Waals surface area contributed by atoms with Crippen LogP contribution in [0.3, 0.4) is 0 Å². The van der Waals surface area contributed by atoms with E-state index < -0.39 is 11.9 Å². The summed E-state index contributed by atoms with van der Waals surface area (Å²) in [5.74, 6) is -0.924. The minimum Gasteiger partial charge on any atom is -0.466 e. The molecule has 3 aromatic carbocycles. The topological polar surface area (TPSA) is 101 Å². The molecule has 0 aliphatic heterocycles. The second-order valence-corrected chi connectivity index (χ2v) is 6.49. The molecule has 148 valence electrons. The molecule has 0 bridgehead atoms. The monoisotopic (exact) mass is 391 g/mol. The molecule has 29 heavy (non-hydrogen) atoms. The number of benzene rings is 3. The van der Waals surface area contributed by atoms with Crippen LogP contribution in [0.1, 0.15) is 24.8 Å². The van der Waals surface area contributed by atoms with Crippen LogP contribution in [0.5, 0.6) is 0 Å². The summed E-state index contributed by atoms with van der Waals surface area (Å²) in [4.78, 5) is 26.4. The Morgan fingerprint density at radius 2 is 1.48 bits per heavy atom. The largest absolute Gasteiger partial charge is 0.466 e. The smallest absolute Gasteiger partial charge is 0.306 e. The zero-order chi connectivity index (χ0) is 20.5. The van der Waals surface area contributed by atoms with Gasteiger partial charge in [-0.15, -0.1) is 0 Å². The van der Waals surface area contributed by atoms with Crippen molar-refractivity contribution in [3.8, 4) is 0 Å². The number of rotatable bonds is 9. The molecule has 0 amide bonds. The van der Waals surface area contributed by atoms with Crippen LogP contribution >= 0.6 is 0 Å². The van der Waals surface area contributed by atoms with E-state index in [1.54, 1.807) is 0 Å². The molecule has 7 nitrogen and oxygen atoms in total. The first-order chi connectivity index (χ1) is 14.2. The summed E-state index contributed by atoms with van der Waals surface area (Å²) in [6, 6.07) is 18.1. The third-order valence-corrected chi connectivity index (χ3v) is 4.52. The molecular formula is C22H21N3O4. The van der Waals surface area contributed by atoms with Gasteiger partial charge in [0, 0.05) is 17.0 Å². The van der Waals surface area contributed by atoms with E-state index in [1.807, 2.05) is 48.5 Å². The van der Waals surface area contributed by atoms with Gasteiger partial charge in [0.15, 0.2) is 0 Å². The summed E-state index contributed by atoms with van der Waals surface area (Å²) in [6.07, 6.45) is 0.364. The fourth-order valence-corrected chi connectivity index (χ4v) is 3.13. The molecule has 0 heterocycles. The van der Waals surface area contributed by atoms with Gasteiger partial charge in [0.05, 0.1) is 19.4 Å². The zero-order valence-corrected chi connectivity index (χ0v) is 15.9. The van der Waals surface area contributed by atoms with Gasteiger partial charge in [0.1, 0.15) is 6.61 Å². The number of carbonyl (C=O) groups excluding carboxylic acids is 2. The Morgan fingerprint density at radius 1 is 0.897 bits per heavy atom. The lowest BCUT2D eigenvalue weighted by atomic mass is 9.97. The fourth-order valence-electron chi connectivity index (χ4n) is 3.13. The van der Waals surface area contributed by atoms with Crippen molar-refractivity contribution in [2.75, 3.05) is 13.2 Å². The summed E-state index contributed by atoms with van der Waals surface area (Å²) in [7, 11) is 0. The molecule has 0 unspecified atom stereocenters. The normalized spacial score (nSPS) is 10.5. The zero-order valence-electron chi connectivity index (χ0n) is 15.9. The number of esters is 2. The van der Waals surface area contributed by atoms with Gasteiger partial charge in [-0.2, -0.15) is 0 Å². The van der Waals surface area contributed by atoms with Crippen LogP contribution in [-0.4, -0.2) is 25.1 Å². The third-order valence-electron chi connectivity index (χ3n) is 4.52. The van der Waals surface area contributed by atoms with Crippen molar-refractivity contribution < 1.29 is 19.1 Å². The van der Waals surface area contributed by atoms with E-state index in [0.717, 1.165) is 27.1 Å². The van der Waals surface area contributed by atoms with Crippen molar-refractivity contribution in [3.63, 3.8) is 0 Å². The molecule has 0 aliphatic rings. The lowest BCUT2D eigenvalue weighted by molar-refractivity contribution is -0.151. The van der Waals surface area contributed by atoms with Gasteiger partial charge in [0.2, 0.25) is 0 Å². The standard InChI is InChI=1S/C22H21N3O4/c23-25-24-12-5-13-28-21(26)10-11-22(27)29-15-20-18-8-3-1-6-16(18)14-17-7-2-4-9-19(17)20/h1-4,6-9,14H,5,10-13,15H2. The number of azide groups is 1. The number of carbonyl (C=O) groups is 2. The summed E-state index contributed by atoms with van der Waals surface area (Å²) in [5.41, 5.74) is 9.12. The average Bonchev–Trinajstić information content (AvgIpc) is 2.75. The number of nitrogens with zero attached hydrogens (tertiary/aromatic N) is 3. The van der Waals surface area contributed by atoms with Crippen molar-refractivity contribution in [1.29, 1.82) is 0 Å². The molecule has 0 radical (unpaired) electrons. The lowest BCUT2D eigenvalue weighted by Crippen LogP contribution is -2.11. The van der Waals surface area contributed by atoms with E-state index >= 15 is 0 Å². The van der Waals surface area contributed by atoms with Gasteiger partial charge in [-0.3, -0.25) is 9.59 Å². The molecule has 0 saturated carbocycles. The van der Waals surface area contributed by atoms with Crippen LogP contribution in [0.15, 0.2) is 59.7 Å². The highest BCUT2D eigenvalue weighted by Gasteiger charge is 2.12. The quantitative estimate of drug-likeness (QED) is 0.127. The van der Waals surface area contributed by atoms with E-state index in [4.69, 9.17) is 15.0 Å². The maximum absolute atomic E-state index is 12.1. The molecule has 0 fully saturated rings. The van der Waals surface area contributed by atoms with E-state index in [2.05, 4.69) is 16.1 Å². The molecule has 7 heteroatoms. The van der Waals surface area contributed by atoms with Crippen LogP contribution in [0.2, 0.25) is 0 Å². The Morgan fingerprint density at radius 3 is 2.10 bits per heavy atom. The summed E-state index contributed by atoms with van der Waals surface area (Å²) < 4.78 is 10.4. The Labute approximate surface area is 167 Å². The van der Waals surface area contributed by atoms with Gasteiger partial charge in [-0.1, -0.05) is 53.6 Å². The fraction of sp³-hybridized carbons (Fsp3) is 0.273. The summed E-state index contributed by atoms with van der Waals surface area (Å²) >= 11 is 0. The maximum Gasteiger partial charge on any atom is 0.306 e. The number of ether oxygens (including phenoxy) is 2. The van der Waals surface area contributed by atoms with Crippen molar-refractivity contribution >= 4 is 33.5 Å². The molecule has 0 N–H and O–H groups in total.